The van der Waals surface area contributed by atoms with E-state index in [2.05, 4.69) is 10.4 Å². The Morgan fingerprint density at radius 3 is 2.58 bits per heavy atom. The van der Waals surface area contributed by atoms with Gasteiger partial charge in [-0.1, -0.05) is 40.9 Å². The number of hydrogen-bond donors (Lipinski definition) is 1. The van der Waals surface area contributed by atoms with Gasteiger partial charge in [-0.05, 0) is 31.7 Å². The van der Waals surface area contributed by atoms with Gasteiger partial charge in [-0.25, -0.2) is 0 Å². The van der Waals surface area contributed by atoms with Crippen LogP contribution in [-0.2, 0) is 6.54 Å². The number of hydrogen-bond acceptors (Lipinski definition) is 2. The summed E-state index contributed by atoms with van der Waals surface area (Å²) in [5, 5.41) is 9.31. The molecule has 0 aliphatic rings. The highest BCUT2D eigenvalue weighted by Gasteiger charge is 2.22. The van der Waals surface area contributed by atoms with E-state index in [9.17, 15) is 0 Å². The van der Waals surface area contributed by atoms with Crippen molar-refractivity contribution in [1.29, 1.82) is 0 Å². The Hall–Kier alpha value is -0.740. The second kappa shape index (κ2) is 6.14. The van der Waals surface area contributed by atoms with Gasteiger partial charge in [-0.15, -0.1) is 0 Å². The summed E-state index contributed by atoms with van der Waals surface area (Å²) in [5.41, 5.74) is 1.82. The van der Waals surface area contributed by atoms with Gasteiger partial charge in [0.2, 0.25) is 0 Å². The molecule has 6 heteroatoms. The van der Waals surface area contributed by atoms with Gasteiger partial charge in [0.1, 0.15) is 0 Å². The van der Waals surface area contributed by atoms with E-state index in [-0.39, 0.29) is 6.04 Å². The summed E-state index contributed by atoms with van der Waals surface area (Å²) in [4.78, 5) is 0. The Morgan fingerprint density at radius 2 is 2.00 bits per heavy atom. The summed E-state index contributed by atoms with van der Waals surface area (Å²) in [5.74, 6) is 0. The summed E-state index contributed by atoms with van der Waals surface area (Å²) in [6, 6.07) is 5.31. The van der Waals surface area contributed by atoms with Crippen molar-refractivity contribution in [2.75, 3.05) is 7.05 Å². The number of rotatable bonds is 4. The van der Waals surface area contributed by atoms with Crippen molar-refractivity contribution in [3.63, 3.8) is 0 Å². The molecule has 102 valence electrons. The third-order valence-corrected chi connectivity index (χ3v) is 3.82. The van der Waals surface area contributed by atoms with Crippen molar-refractivity contribution in [3.05, 3.63) is 50.7 Å². The average Bonchev–Trinajstić information content (AvgIpc) is 2.74. The largest absolute Gasteiger partial charge is 0.308 e. The number of aromatic nitrogens is 2. The summed E-state index contributed by atoms with van der Waals surface area (Å²) in [7, 11) is 1.86. The lowest BCUT2D eigenvalue weighted by Crippen LogP contribution is -2.22. The van der Waals surface area contributed by atoms with E-state index in [4.69, 9.17) is 34.8 Å². The van der Waals surface area contributed by atoms with Crippen molar-refractivity contribution < 1.29 is 0 Å². The van der Waals surface area contributed by atoms with Gasteiger partial charge in [0.05, 0.1) is 23.0 Å². The van der Waals surface area contributed by atoms with Crippen LogP contribution in [0, 0.1) is 0 Å². The predicted molar refractivity (Wildman–Crippen MR) is 80.3 cm³/mol. The monoisotopic (exact) mass is 317 g/mol. The van der Waals surface area contributed by atoms with Crippen LogP contribution in [-0.4, -0.2) is 16.8 Å². The molecule has 0 amide bonds. The van der Waals surface area contributed by atoms with Crippen LogP contribution in [0.5, 0.6) is 0 Å². The van der Waals surface area contributed by atoms with Crippen LogP contribution in [0.2, 0.25) is 15.1 Å². The zero-order valence-corrected chi connectivity index (χ0v) is 12.9. The molecule has 1 atom stereocenters. The third kappa shape index (κ3) is 2.90. The molecule has 0 aliphatic heterocycles. The van der Waals surface area contributed by atoms with Crippen LogP contribution >= 0.6 is 34.8 Å². The highest BCUT2D eigenvalue weighted by atomic mass is 35.5. The highest BCUT2D eigenvalue weighted by molar-refractivity contribution is 6.35. The summed E-state index contributed by atoms with van der Waals surface area (Å²) in [6.45, 7) is 2.76. The summed E-state index contributed by atoms with van der Waals surface area (Å²) in [6.07, 6.45) is 1.65. The first-order valence-electron chi connectivity index (χ1n) is 5.91. The first-order chi connectivity index (χ1) is 9.08. The van der Waals surface area contributed by atoms with E-state index >= 15 is 0 Å². The van der Waals surface area contributed by atoms with Crippen molar-refractivity contribution in [2.24, 2.45) is 0 Å². The van der Waals surface area contributed by atoms with Crippen LogP contribution in [0.4, 0.5) is 0 Å². The minimum atomic E-state index is -0.125. The molecule has 1 heterocycles. The van der Waals surface area contributed by atoms with Crippen LogP contribution in [0.1, 0.15) is 24.2 Å². The number of aryl methyl sites for hydroxylation is 1. The maximum atomic E-state index is 6.27. The quantitative estimate of drug-likeness (QED) is 0.917. The lowest BCUT2D eigenvalue weighted by molar-refractivity contribution is 0.563. The molecule has 0 radical (unpaired) electrons. The topological polar surface area (TPSA) is 29.9 Å². The van der Waals surface area contributed by atoms with Crippen LogP contribution in [0.3, 0.4) is 0 Å². The molecule has 0 fully saturated rings. The zero-order valence-electron chi connectivity index (χ0n) is 10.6. The van der Waals surface area contributed by atoms with Gasteiger partial charge in [0, 0.05) is 16.6 Å². The maximum Gasteiger partial charge on any atom is 0.0837 e. The third-order valence-electron chi connectivity index (χ3n) is 2.97. The first-order valence-corrected chi connectivity index (χ1v) is 7.05. The Bertz CT molecular complexity index is 581. The molecule has 2 rings (SSSR count). The van der Waals surface area contributed by atoms with Crippen LogP contribution in [0.25, 0.3) is 0 Å². The fourth-order valence-corrected chi connectivity index (χ4v) is 2.85. The fraction of sp³-hybridized carbons (Fsp3) is 0.308. The van der Waals surface area contributed by atoms with E-state index in [1.54, 1.807) is 12.3 Å². The normalized spacial score (nSPS) is 12.7. The second-order valence-electron chi connectivity index (χ2n) is 4.08. The smallest absolute Gasteiger partial charge is 0.0837 e. The molecule has 0 bridgehead atoms. The molecule has 2 aromatic rings. The fourth-order valence-electron chi connectivity index (χ4n) is 2.09. The molecule has 0 spiro atoms. The highest BCUT2D eigenvalue weighted by Crippen LogP contribution is 2.33. The van der Waals surface area contributed by atoms with Gasteiger partial charge in [0.15, 0.2) is 0 Å². The molecule has 1 aromatic carbocycles. The second-order valence-corrected chi connectivity index (χ2v) is 5.33. The van der Waals surface area contributed by atoms with Gasteiger partial charge < -0.3 is 5.32 Å². The number of benzene rings is 1. The Kier molecular flexibility index (Phi) is 4.74. The Morgan fingerprint density at radius 1 is 1.26 bits per heavy atom. The SMILES string of the molecule is CCn1ncc(Cl)c1C(NC)c1ccc(Cl)cc1Cl. The molecule has 0 saturated heterocycles. The molecule has 19 heavy (non-hydrogen) atoms. The maximum absolute atomic E-state index is 6.27. The van der Waals surface area contributed by atoms with Gasteiger partial charge in [0.25, 0.3) is 0 Å². The van der Waals surface area contributed by atoms with E-state index in [1.807, 2.05) is 30.8 Å². The predicted octanol–water partition coefficient (Wildman–Crippen LogP) is 4.17. The van der Waals surface area contributed by atoms with Crippen LogP contribution < -0.4 is 5.32 Å². The van der Waals surface area contributed by atoms with Gasteiger partial charge >= 0.3 is 0 Å². The van der Waals surface area contributed by atoms with Gasteiger partial charge in [-0.2, -0.15) is 5.10 Å². The van der Waals surface area contributed by atoms with E-state index in [0.29, 0.717) is 15.1 Å². The molecule has 0 saturated carbocycles. The molecular weight excluding hydrogens is 305 g/mol. The average molecular weight is 319 g/mol. The lowest BCUT2D eigenvalue weighted by Gasteiger charge is -2.20. The van der Waals surface area contributed by atoms with E-state index in [1.165, 1.54) is 0 Å². The van der Waals surface area contributed by atoms with E-state index < -0.39 is 0 Å². The molecule has 1 aromatic heterocycles. The zero-order chi connectivity index (χ0) is 14.0. The standard InChI is InChI=1S/C13H14Cl3N3/c1-3-19-13(11(16)7-18-19)12(17-2)9-5-4-8(14)6-10(9)15/h4-7,12,17H,3H2,1-2H3. The van der Waals surface area contributed by atoms with Gasteiger partial charge in [-0.3, -0.25) is 4.68 Å². The Labute approximate surface area is 127 Å². The van der Waals surface area contributed by atoms with Crippen LogP contribution in [0.15, 0.2) is 24.4 Å². The Balaban J connectivity index is 2.52. The molecular formula is C13H14Cl3N3. The summed E-state index contributed by atoms with van der Waals surface area (Å²) >= 11 is 18.4. The molecule has 1 unspecified atom stereocenters. The van der Waals surface area contributed by atoms with Crippen molar-refractivity contribution in [2.45, 2.75) is 19.5 Å². The summed E-state index contributed by atoms with van der Waals surface area (Å²) < 4.78 is 1.86. The van der Waals surface area contributed by atoms with Crippen molar-refractivity contribution in [3.8, 4) is 0 Å². The molecule has 1 N–H and O–H groups in total. The van der Waals surface area contributed by atoms with Crippen molar-refractivity contribution >= 4 is 34.8 Å². The lowest BCUT2D eigenvalue weighted by atomic mass is 10.0. The minimum Gasteiger partial charge on any atom is -0.308 e. The number of halogens is 3. The number of nitrogens with zero attached hydrogens (tertiary/aromatic N) is 2. The van der Waals surface area contributed by atoms with Crippen molar-refractivity contribution in [1.82, 2.24) is 15.1 Å². The minimum absolute atomic E-state index is 0.125. The number of nitrogens with one attached hydrogen (secondary N) is 1. The molecule has 0 aliphatic carbocycles. The first kappa shape index (κ1) is 14.7. The molecule has 3 nitrogen and oxygen atoms in total. The van der Waals surface area contributed by atoms with E-state index in [0.717, 1.165) is 17.8 Å².